The van der Waals surface area contributed by atoms with E-state index in [4.69, 9.17) is 5.73 Å². The van der Waals surface area contributed by atoms with Gasteiger partial charge < -0.3 is 5.73 Å². The van der Waals surface area contributed by atoms with Gasteiger partial charge in [0.05, 0.1) is 5.54 Å². The van der Waals surface area contributed by atoms with Crippen LogP contribution in [-0.2, 0) is 5.54 Å². The van der Waals surface area contributed by atoms with Crippen LogP contribution in [0.2, 0.25) is 0 Å². The molecular weight excluding hydrogens is 202 g/mol. The van der Waals surface area contributed by atoms with Crippen LogP contribution in [0.1, 0.15) is 48.8 Å². The highest BCUT2D eigenvalue weighted by Gasteiger charge is 2.30. The van der Waals surface area contributed by atoms with Gasteiger partial charge >= 0.3 is 0 Å². The summed E-state index contributed by atoms with van der Waals surface area (Å²) in [7, 11) is 0. The van der Waals surface area contributed by atoms with Gasteiger partial charge in [0.15, 0.2) is 0 Å². The van der Waals surface area contributed by atoms with Crippen LogP contribution in [0.3, 0.4) is 0 Å². The van der Waals surface area contributed by atoms with Crippen LogP contribution in [0.4, 0.5) is 0 Å². The van der Waals surface area contributed by atoms with Crippen molar-refractivity contribution in [2.75, 3.05) is 0 Å². The van der Waals surface area contributed by atoms with E-state index in [1.807, 2.05) is 11.3 Å². The Bertz CT molecular complexity index is 331. The van der Waals surface area contributed by atoms with E-state index in [1.165, 1.54) is 29.0 Å². The van der Waals surface area contributed by atoms with Crippen molar-refractivity contribution in [1.29, 1.82) is 0 Å². The summed E-state index contributed by atoms with van der Waals surface area (Å²) in [4.78, 5) is 2.78. The molecule has 0 bridgehead atoms. The second-order valence-corrected chi connectivity index (χ2v) is 6.39. The Labute approximate surface area is 96.7 Å². The summed E-state index contributed by atoms with van der Waals surface area (Å²) in [6.45, 7) is 4.52. The normalized spacial score (nSPS) is 32.6. The highest BCUT2D eigenvalue weighted by molar-refractivity contribution is 7.12. The maximum atomic E-state index is 6.57. The fourth-order valence-electron chi connectivity index (χ4n) is 2.49. The molecule has 1 aromatic heterocycles. The Hall–Kier alpha value is -0.340. The summed E-state index contributed by atoms with van der Waals surface area (Å²) in [5, 5.41) is 0. The van der Waals surface area contributed by atoms with Crippen LogP contribution >= 0.6 is 11.3 Å². The van der Waals surface area contributed by atoms with Gasteiger partial charge in [-0.1, -0.05) is 19.8 Å². The molecular formula is C13H21NS. The molecule has 1 saturated carbocycles. The van der Waals surface area contributed by atoms with Crippen LogP contribution in [-0.4, -0.2) is 0 Å². The number of rotatable bonds is 1. The van der Waals surface area contributed by atoms with Crippen molar-refractivity contribution < 1.29 is 0 Å². The van der Waals surface area contributed by atoms with E-state index in [0.29, 0.717) is 0 Å². The van der Waals surface area contributed by atoms with E-state index >= 15 is 0 Å². The molecule has 2 atom stereocenters. The molecule has 2 unspecified atom stereocenters. The van der Waals surface area contributed by atoms with Crippen molar-refractivity contribution >= 4 is 11.3 Å². The van der Waals surface area contributed by atoms with Gasteiger partial charge in [0.1, 0.15) is 0 Å². The first-order chi connectivity index (χ1) is 7.10. The van der Waals surface area contributed by atoms with E-state index in [9.17, 15) is 0 Å². The SMILES string of the molecule is Cc1ccc(C2(N)CCCC(C)CC2)s1. The standard InChI is InChI=1S/C13H21NS/c1-10-4-3-8-13(14,9-7-10)12-6-5-11(2)15-12/h5-6,10H,3-4,7-9,14H2,1-2H3. The smallest absolute Gasteiger partial charge is 0.0503 e. The molecule has 0 spiro atoms. The van der Waals surface area contributed by atoms with Gasteiger partial charge in [0.25, 0.3) is 0 Å². The highest BCUT2D eigenvalue weighted by atomic mass is 32.1. The Morgan fingerprint density at radius 2 is 2.13 bits per heavy atom. The van der Waals surface area contributed by atoms with Crippen molar-refractivity contribution in [2.45, 2.75) is 51.5 Å². The van der Waals surface area contributed by atoms with E-state index in [2.05, 4.69) is 26.0 Å². The largest absolute Gasteiger partial charge is 0.321 e. The molecule has 1 aliphatic rings. The maximum absolute atomic E-state index is 6.57. The number of nitrogens with two attached hydrogens (primary N) is 1. The van der Waals surface area contributed by atoms with Crippen LogP contribution in [0.25, 0.3) is 0 Å². The molecule has 1 heterocycles. The third kappa shape index (κ3) is 2.43. The average Bonchev–Trinajstić information content (AvgIpc) is 2.55. The molecule has 2 heteroatoms. The molecule has 84 valence electrons. The lowest BCUT2D eigenvalue weighted by Gasteiger charge is -2.26. The average molecular weight is 223 g/mol. The minimum Gasteiger partial charge on any atom is -0.321 e. The number of thiophene rings is 1. The summed E-state index contributed by atoms with van der Waals surface area (Å²) in [5.74, 6) is 0.858. The number of hydrogen-bond acceptors (Lipinski definition) is 2. The molecule has 0 saturated heterocycles. The third-order valence-corrected chi connectivity index (χ3v) is 4.85. The topological polar surface area (TPSA) is 26.0 Å². The van der Waals surface area contributed by atoms with Gasteiger partial charge in [-0.3, -0.25) is 0 Å². The Morgan fingerprint density at radius 3 is 2.80 bits per heavy atom. The molecule has 0 radical (unpaired) electrons. The van der Waals surface area contributed by atoms with E-state index < -0.39 is 0 Å². The van der Waals surface area contributed by atoms with Crippen molar-refractivity contribution in [2.24, 2.45) is 11.7 Å². The molecule has 0 aliphatic heterocycles. The molecule has 0 amide bonds. The van der Waals surface area contributed by atoms with Crippen LogP contribution < -0.4 is 5.73 Å². The summed E-state index contributed by atoms with van der Waals surface area (Å²) in [5.41, 5.74) is 6.54. The molecule has 2 rings (SSSR count). The maximum Gasteiger partial charge on any atom is 0.0503 e. The molecule has 0 aromatic carbocycles. The van der Waals surface area contributed by atoms with Crippen LogP contribution in [0, 0.1) is 12.8 Å². The first-order valence-electron chi connectivity index (χ1n) is 5.96. The number of hydrogen-bond donors (Lipinski definition) is 1. The fraction of sp³-hybridized carbons (Fsp3) is 0.692. The second kappa shape index (κ2) is 4.26. The summed E-state index contributed by atoms with van der Waals surface area (Å²) in [6.07, 6.45) is 6.25. The van der Waals surface area contributed by atoms with E-state index in [0.717, 1.165) is 18.8 Å². The predicted octanol–water partition coefficient (Wildman–Crippen LogP) is 3.81. The van der Waals surface area contributed by atoms with Crippen molar-refractivity contribution in [3.8, 4) is 0 Å². The molecule has 1 fully saturated rings. The number of aryl methyl sites for hydroxylation is 1. The third-order valence-electron chi connectivity index (χ3n) is 3.63. The predicted molar refractivity (Wildman–Crippen MR) is 67.2 cm³/mol. The molecule has 15 heavy (non-hydrogen) atoms. The van der Waals surface area contributed by atoms with Crippen molar-refractivity contribution in [3.63, 3.8) is 0 Å². The minimum absolute atomic E-state index is 0.0241. The van der Waals surface area contributed by atoms with Crippen molar-refractivity contribution in [3.05, 3.63) is 21.9 Å². The quantitative estimate of drug-likeness (QED) is 0.720. The zero-order valence-electron chi connectivity index (χ0n) is 9.75. The van der Waals surface area contributed by atoms with Gasteiger partial charge in [-0.05, 0) is 44.2 Å². The summed E-state index contributed by atoms with van der Waals surface area (Å²) in [6, 6.07) is 4.43. The second-order valence-electron chi connectivity index (χ2n) is 5.10. The van der Waals surface area contributed by atoms with Crippen LogP contribution in [0.5, 0.6) is 0 Å². The summed E-state index contributed by atoms with van der Waals surface area (Å²) < 4.78 is 0. The first kappa shape index (κ1) is 11.2. The van der Waals surface area contributed by atoms with Gasteiger partial charge in [-0.15, -0.1) is 11.3 Å². The zero-order chi connectivity index (χ0) is 10.9. The van der Waals surface area contributed by atoms with Gasteiger partial charge in [0.2, 0.25) is 0 Å². The summed E-state index contributed by atoms with van der Waals surface area (Å²) >= 11 is 1.88. The van der Waals surface area contributed by atoms with E-state index in [-0.39, 0.29) is 5.54 Å². The minimum atomic E-state index is -0.0241. The van der Waals surface area contributed by atoms with Crippen molar-refractivity contribution in [1.82, 2.24) is 0 Å². The van der Waals surface area contributed by atoms with E-state index in [1.54, 1.807) is 0 Å². The zero-order valence-corrected chi connectivity index (χ0v) is 10.6. The molecule has 1 aliphatic carbocycles. The van der Waals surface area contributed by atoms with Gasteiger partial charge in [-0.25, -0.2) is 0 Å². The Balaban J connectivity index is 2.18. The van der Waals surface area contributed by atoms with Gasteiger partial charge in [-0.2, -0.15) is 0 Å². The lowest BCUT2D eigenvalue weighted by molar-refractivity contribution is 0.385. The first-order valence-corrected chi connectivity index (χ1v) is 6.78. The Morgan fingerprint density at radius 1 is 1.33 bits per heavy atom. The highest BCUT2D eigenvalue weighted by Crippen LogP contribution is 2.38. The lowest BCUT2D eigenvalue weighted by Crippen LogP contribution is -2.35. The molecule has 1 aromatic rings. The van der Waals surface area contributed by atoms with Crippen LogP contribution in [0.15, 0.2) is 12.1 Å². The molecule has 2 N–H and O–H groups in total. The molecule has 1 nitrogen and oxygen atoms in total. The van der Waals surface area contributed by atoms with Gasteiger partial charge in [0, 0.05) is 9.75 Å². The Kier molecular flexibility index (Phi) is 3.17. The fourth-order valence-corrected chi connectivity index (χ4v) is 3.51. The monoisotopic (exact) mass is 223 g/mol. The lowest BCUT2D eigenvalue weighted by atomic mass is 9.89.